The van der Waals surface area contributed by atoms with E-state index in [0.717, 1.165) is 6.61 Å². The lowest BCUT2D eigenvalue weighted by Gasteiger charge is -2.27. The molecule has 1 atom stereocenters. The van der Waals surface area contributed by atoms with E-state index >= 15 is 0 Å². The van der Waals surface area contributed by atoms with Crippen LogP contribution in [0.5, 0.6) is 0 Å². The van der Waals surface area contributed by atoms with Gasteiger partial charge in [0, 0.05) is 6.61 Å². The SMILES string of the molecule is C=C[Si](C)(C)C[SiH]1CCCCO1. The van der Waals surface area contributed by atoms with Gasteiger partial charge in [-0.3, -0.25) is 0 Å². The summed E-state index contributed by atoms with van der Waals surface area (Å²) in [6.07, 6.45) is 2.71. The Bertz CT molecular complexity index is 151. The van der Waals surface area contributed by atoms with Crippen LogP contribution < -0.4 is 0 Å². The van der Waals surface area contributed by atoms with Crippen LogP contribution >= 0.6 is 0 Å². The Morgan fingerprint density at radius 2 is 2.25 bits per heavy atom. The Morgan fingerprint density at radius 1 is 1.50 bits per heavy atom. The van der Waals surface area contributed by atoms with Gasteiger partial charge < -0.3 is 4.43 Å². The average molecular weight is 200 g/mol. The first-order chi connectivity index (χ1) is 5.64. The van der Waals surface area contributed by atoms with Gasteiger partial charge in [0.2, 0.25) is 0 Å². The van der Waals surface area contributed by atoms with Crippen molar-refractivity contribution in [2.45, 2.75) is 37.6 Å². The third-order valence-corrected chi connectivity index (χ3v) is 11.5. The molecule has 0 radical (unpaired) electrons. The first-order valence-electron chi connectivity index (χ1n) is 4.89. The van der Waals surface area contributed by atoms with E-state index in [9.17, 15) is 0 Å². The van der Waals surface area contributed by atoms with E-state index in [1.807, 2.05) is 0 Å². The molecule has 1 nitrogen and oxygen atoms in total. The molecule has 1 saturated heterocycles. The van der Waals surface area contributed by atoms with Crippen LogP contribution in [0.15, 0.2) is 12.3 Å². The van der Waals surface area contributed by atoms with Gasteiger partial charge in [-0.15, -0.1) is 12.3 Å². The summed E-state index contributed by atoms with van der Waals surface area (Å²) in [5.74, 6) is 0. The van der Waals surface area contributed by atoms with Gasteiger partial charge in [0.05, 0.1) is 8.07 Å². The lowest BCUT2D eigenvalue weighted by Crippen LogP contribution is -2.35. The summed E-state index contributed by atoms with van der Waals surface area (Å²) in [4.78, 5) is 0. The molecule has 0 spiro atoms. The molecule has 0 aliphatic carbocycles. The Hall–Kier alpha value is 0.134. The first-order valence-corrected chi connectivity index (χ1v) is 10.3. The van der Waals surface area contributed by atoms with E-state index in [-0.39, 0.29) is 0 Å². The van der Waals surface area contributed by atoms with Crippen LogP contribution in [0.2, 0.25) is 24.8 Å². The fraction of sp³-hybridized carbons (Fsp3) is 0.778. The minimum Gasteiger partial charge on any atom is -0.420 e. The zero-order valence-electron chi connectivity index (χ0n) is 8.31. The normalized spacial score (nSPS) is 25.3. The molecule has 0 amide bonds. The average Bonchev–Trinajstić information content (AvgIpc) is 2.06. The predicted molar refractivity (Wildman–Crippen MR) is 59.6 cm³/mol. The molecule has 0 aromatic heterocycles. The zero-order valence-corrected chi connectivity index (χ0v) is 10.5. The maximum absolute atomic E-state index is 5.84. The van der Waals surface area contributed by atoms with E-state index in [1.54, 1.807) is 0 Å². The lowest BCUT2D eigenvalue weighted by atomic mass is 10.4. The van der Waals surface area contributed by atoms with Crippen molar-refractivity contribution in [1.29, 1.82) is 0 Å². The van der Waals surface area contributed by atoms with Crippen LogP contribution in [0.3, 0.4) is 0 Å². The summed E-state index contributed by atoms with van der Waals surface area (Å²) in [6.45, 7) is 9.75. The van der Waals surface area contributed by atoms with Crippen LogP contribution in [0.4, 0.5) is 0 Å². The first kappa shape index (κ1) is 10.2. The summed E-state index contributed by atoms with van der Waals surface area (Å²) < 4.78 is 5.84. The van der Waals surface area contributed by atoms with Crippen molar-refractivity contribution in [2.24, 2.45) is 0 Å². The minimum atomic E-state index is -1.06. The van der Waals surface area contributed by atoms with Crippen LogP contribution in [0, 0.1) is 0 Å². The summed E-state index contributed by atoms with van der Waals surface area (Å²) in [5, 5.41) is 0. The van der Waals surface area contributed by atoms with Gasteiger partial charge in [-0.25, -0.2) is 0 Å². The quantitative estimate of drug-likeness (QED) is 0.636. The van der Waals surface area contributed by atoms with Gasteiger partial charge >= 0.3 is 0 Å². The second-order valence-corrected chi connectivity index (χ2v) is 12.6. The van der Waals surface area contributed by atoms with Gasteiger partial charge in [0.25, 0.3) is 0 Å². The fourth-order valence-electron chi connectivity index (χ4n) is 1.64. The van der Waals surface area contributed by atoms with Gasteiger partial charge in [-0.1, -0.05) is 19.5 Å². The molecule has 0 aromatic rings. The molecule has 3 heteroatoms. The van der Waals surface area contributed by atoms with E-state index in [4.69, 9.17) is 4.43 Å². The van der Waals surface area contributed by atoms with E-state index in [0.29, 0.717) is 0 Å². The van der Waals surface area contributed by atoms with Gasteiger partial charge in [-0.2, -0.15) is 0 Å². The van der Waals surface area contributed by atoms with Crippen molar-refractivity contribution < 1.29 is 4.43 Å². The topological polar surface area (TPSA) is 9.23 Å². The summed E-state index contributed by atoms with van der Waals surface area (Å²) in [6, 6.07) is 1.41. The molecular formula is C9H20OSi2. The number of hydrogen-bond acceptors (Lipinski definition) is 1. The molecular weight excluding hydrogens is 180 g/mol. The van der Waals surface area contributed by atoms with Crippen molar-refractivity contribution in [3.63, 3.8) is 0 Å². The van der Waals surface area contributed by atoms with Gasteiger partial charge in [0.15, 0.2) is 9.04 Å². The van der Waals surface area contributed by atoms with Crippen molar-refractivity contribution in [3.8, 4) is 0 Å². The Balaban J connectivity index is 2.33. The van der Waals surface area contributed by atoms with Gasteiger partial charge in [0.1, 0.15) is 0 Å². The van der Waals surface area contributed by atoms with E-state index in [1.165, 1.54) is 24.6 Å². The lowest BCUT2D eigenvalue weighted by molar-refractivity contribution is 0.289. The molecule has 1 aliphatic heterocycles. The zero-order chi connectivity index (χ0) is 9.03. The van der Waals surface area contributed by atoms with Crippen LogP contribution in [-0.2, 0) is 4.43 Å². The molecule has 0 saturated carbocycles. The molecule has 1 rings (SSSR count). The van der Waals surface area contributed by atoms with E-state index < -0.39 is 17.1 Å². The molecule has 0 aromatic carbocycles. The largest absolute Gasteiger partial charge is 0.420 e. The summed E-state index contributed by atoms with van der Waals surface area (Å²) in [5.41, 5.74) is 3.61. The third kappa shape index (κ3) is 3.25. The Kier molecular flexibility index (Phi) is 3.74. The van der Waals surface area contributed by atoms with Crippen molar-refractivity contribution in [2.75, 3.05) is 6.61 Å². The highest BCUT2D eigenvalue weighted by atomic mass is 28.4. The highest BCUT2D eigenvalue weighted by Crippen LogP contribution is 2.20. The minimum absolute atomic E-state index is 0.778. The molecule has 1 aliphatic rings. The standard InChI is InChI=1S/C9H20OSi2/c1-4-12(2,3)9-11-8-6-5-7-10-11/h4,11H,1,5-9H2,2-3H3. The Labute approximate surface area is 78.6 Å². The fourth-order valence-corrected chi connectivity index (χ4v) is 9.70. The molecule has 1 heterocycles. The highest BCUT2D eigenvalue weighted by molar-refractivity contribution is 6.90. The molecule has 1 unspecified atom stereocenters. The second-order valence-electron chi connectivity index (χ2n) is 4.39. The summed E-state index contributed by atoms with van der Waals surface area (Å²) >= 11 is 0. The maximum Gasteiger partial charge on any atom is 0.174 e. The monoisotopic (exact) mass is 200 g/mol. The summed E-state index contributed by atoms with van der Waals surface area (Å²) in [7, 11) is -1.84. The van der Waals surface area contributed by atoms with Crippen LogP contribution in [0.1, 0.15) is 12.8 Å². The predicted octanol–water partition coefficient (Wildman–Crippen LogP) is 2.49. The molecule has 0 N–H and O–H groups in total. The smallest absolute Gasteiger partial charge is 0.174 e. The molecule has 1 fully saturated rings. The highest BCUT2D eigenvalue weighted by Gasteiger charge is 2.25. The second kappa shape index (κ2) is 4.39. The molecule has 0 bridgehead atoms. The van der Waals surface area contributed by atoms with Crippen molar-refractivity contribution in [1.82, 2.24) is 0 Å². The number of hydrogen-bond donors (Lipinski definition) is 0. The van der Waals surface area contributed by atoms with Gasteiger partial charge in [-0.05, 0) is 18.1 Å². The number of rotatable bonds is 3. The molecule has 70 valence electrons. The Morgan fingerprint density at radius 3 is 2.75 bits per heavy atom. The van der Waals surface area contributed by atoms with Crippen molar-refractivity contribution >= 4 is 17.1 Å². The van der Waals surface area contributed by atoms with Crippen molar-refractivity contribution in [3.05, 3.63) is 12.3 Å². The van der Waals surface area contributed by atoms with Crippen LogP contribution in [0.25, 0.3) is 0 Å². The van der Waals surface area contributed by atoms with Crippen LogP contribution in [-0.4, -0.2) is 23.7 Å². The molecule has 12 heavy (non-hydrogen) atoms. The third-order valence-electron chi connectivity index (χ3n) is 2.58. The maximum atomic E-state index is 5.84. The van der Waals surface area contributed by atoms with E-state index in [2.05, 4.69) is 25.4 Å².